The Labute approximate surface area is 70.4 Å². The highest BCUT2D eigenvalue weighted by molar-refractivity contribution is 6.59. The van der Waals surface area contributed by atoms with Gasteiger partial charge in [0.1, 0.15) is 0 Å². The summed E-state index contributed by atoms with van der Waals surface area (Å²) in [6.07, 6.45) is 0. The monoisotopic (exact) mass is 167 g/mol. The minimum absolute atomic E-state index is 0.252. The molecule has 0 fully saturated rings. The van der Waals surface area contributed by atoms with Gasteiger partial charge in [-0.15, -0.1) is 0 Å². The van der Waals surface area contributed by atoms with Crippen molar-refractivity contribution in [1.29, 1.82) is 0 Å². The molecule has 5 heteroatoms. The molecule has 1 aromatic carbocycles. The molecule has 1 aromatic rings. The number of rotatable bonds is 2. The summed E-state index contributed by atoms with van der Waals surface area (Å²) >= 11 is 0. The fraction of sp³-hybridized carbons (Fsp3) is 0.143. The lowest BCUT2D eigenvalue weighted by molar-refractivity contribution is 0.282. The summed E-state index contributed by atoms with van der Waals surface area (Å²) in [7, 11) is -1.56. The van der Waals surface area contributed by atoms with Crippen LogP contribution in [-0.2, 0) is 6.61 Å². The fourth-order valence-corrected chi connectivity index (χ4v) is 1.01. The second-order valence-corrected chi connectivity index (χ2v) is 2.49. The summed E-state index contributed by atoms with van der Waals surface area (Å²) in [6.45, 7) is -0.252. The lowest BCUT2D eigenvalue weighted by Gasteiger charge is -2.06. The second-order valence-electron chi connectivity index (χ2n) is 2.49. The molecule has 64 valence electrons. The van der Waals surface area contributed by atoms with Crippen molar-refractivity contribution in [3.63, 3.8) is 0 Å². The quantitative estimate of drug-likeness (QED) is 0.317. The van der Waals surface area contributed by atoms with E-state index in [4.69, 9.17) is 20.9 Å². The highest BCUT2D eigenvalue weighted by Crippen LogP contribution is 2.04. The number of aliphatic hydroxyl groups excluding tert-OH is 1. The van der Waals surface area contributed by atoms with Gasteiger partial charge in [0, 0.05) is 5.69 Å². The normalized spacial score (nSPS) is 9.92. The van der Waals surface area contributed by atoms with E-state index in [0.717, 1.165) is 0 Å². The van der Waals surface area contributed by atoms with E-state index in [-0.39, 0.29) is 12.1 Å². The Morgan fingerprint density at radius 1 is 1.33 bits per heavy atom. The van der Waals surface area contributed by atoms with Crippen LogP contribution >= 0.6 is 0 Å². The molecule has 0 amide bonds. The number of hydrogen-bond donors (Lipinski definition) is 4. The number of benzene rings is 1. The van der Waals surface area contributed by atoms with Gasteiger partial charge in [-0.3, -0.25) is 0 Å². The summed E-state index contributed by atoms with van der Waals surface area (Å²) < 4.78 is 0. The van der Waals surface area contributed by atoms with Gasteiger partial charge >= 0.3 is 7.12 Å². The molecule has 0 heterocycles. The van der Waals surface area contributed by atoms with Crippen LogP contribution in [0.5, 0.6) is 0 Å². The summed E-state index contributed by atoms with van der Waals surface area (Å²) in [5.41, 5.74) is 6.64. The Bertz CT molecular complexity index is 277. The molecule has 0 aromatic heterocycles. The molecule has 0 atom stereocenters. The van der Waals surface area contributed by atoms with E-state index in [2.05, 4.69) is 0 Å². The fourth-order valence-electron chi connectivity index (χ4n) is 1.01. The minimum Gasteiger partial charge on any atom is -0.423 e. The third kappa shape index (κ3) is 1.76. The molecular formula is C7H10BNO3. The van der Waals surface area contributed by atoms with Gasteiger partial charge < -0.3 is 20.9 Å². The van der Waals surface area contributed by atoms with E-state index in [1.54, 1.807) is 6.07 Å². The third-order valence-corrected chi connectivity index (χ3v) is 1.62. The number of anilines is 1. The van der Waals surface area contributed by atoms with Crippen molar-refractivity contribution in [1.82, 2.24) is 0 Å². The predicted molar refractivity (Wildman–Crippen MR) is 46.6 cm³/mol. The molecule has 4 nitrogen and oxygen atoms in total. The predicted octanol–water partition coefficient (Wildman–Crippen LogP) is -1.56. The Kier molecular flexibility index (Phi) is 2.70. The Balaban J connectivity index is 3.11. The molecule has 0 bridgehead atoms. The first-order valence-electron chi connectivity index (χ1n) is 3.50. The van der Waals surface area contributed by atoms with Crippen LogP contribution < -0.4 is 11.2 Å². The molecule has 12 heavy (non-hydrogen) atoms. The number of nitrogens with two attached hydrogens (primary N) is 1. The standard InChI is InChI=1S/C7H10BNO3/c9-6-1-2-7(8(11)12)5(3-6)4-10/h1-3,10-12H,4,9H2. The maximum atomic E-state index is 8.83. The molecule has 0 spiro atoms. The van der Waals surface area contributed by atoms with E-state index >= 15 is 0 Å². The van der Waals surface area contributed by atoms with Crippen molar-refractivity contribution in [3.05, 3.63) is 23.8 Å². The van der Waals surface area contributed by atoms with Crippen LogP contribution in [0.2, 0.25) is 0 Å². The van der Waals surface area contributed by atoms with Crippen LogP contribution in [0, 0.1) is 0 Å². The number of hydrogen-bond acceptors (Lipinski definition) is 4. The summed E-state index contributed by atoms with van der Waals surface area (Å²) in [4.78, 5) is 0. The van der Waals surface area contributed by atoms with Crippen molar-refractivity contribution >= 4 is 18.3 Å². The molecule has 5 N–H and O–H groups in total. The van der Waals surface area contributed by atoms with E-state index in [0.29, 0.717) is 11.3 Å². The van der Waals surface area contributed by atoms with Crippen LogP contribution in [0.15, 0.2) is 18.2 Å². The smallest absolute Gasteiger partial charge is 0.423 e. The Morgan fingerprint density at radius 2 is 2.00 bits per heavy atom. The van der Waals surface area contributed by atoms with E-state index < -0.39 is 7.12 Å². The van der Waals surface area contributed by atoms with Gasteiger partial charge in [0.15, 0.2) is 0 Å². The van der Waals surface area contributed by atoms with Gasteiger partial charge in [0.25, 0.3) is 0 Å². The zero-order chi connectivity index (χ0) is 9.14. The van der Waals surface area contributed by atoms with E-state index in [1.165, 1.54) is 12.1 Å². The lowest BCUT2D eigenvalue weighted by atomic mass is 9.77. The second kappa shape index (κ2) is 3.58. The maximum absolute atomic E-state index is 8.83. The van der Waals surface area contributed by atoms with Crippen molar-refractivity contribution in [2.45, 2.75) is 6.61 Å². The Morgan fingerprint density at radius 3 is 2.50 bits per heavy atom. The first-order valence-corrected chi connectivity index (χ1v) is 3.50. The van der Waals surface area contributed by atoms with Crippen LogP contribution in [0.3, 0.4) is 0 Å². The average molecular weight is 167 g/mol. The molecule has 1 rings (SSSR count). The summed E-state index contributed by atoms with van der Waals surface area (Å²) in [6, 6.07) is 4.54. The number of nitrogen functional groups attached to an aromatic ring is 1. The van der Waals surface area contributed by atoms with Crippen molar-refractivity contribution < 1.29 is 15.2 Å². The zero-order valence-corrected chi connectivity index (χ0v) is 6.44. The molecule has 0 unspecified atom stereocenters. The van der Waals surface area contributed by atoms with Crippen LogP contribution in [-0.4, -0.2) is 22.3 Å². The van der Waals surface area contributed by atoms with Crippen molar-refractivity contribution in [2.24, 2.45) is 0 Å². The van der Waals surface area contributed by atoms with Crippen LogP contribution in [0.25, 0.3) is 0 Å². The maximum Gasteiger partial charge on any atom is 0.488 e. The highest BCUT2D eigenvalue weighted by atomic mass is 16.4. The molecule has 0 saturated heterocycles. The molecular weight excluding hydrogens is 157 g/mol. The first kappa shape index (κ1) is 9.06. The molecule has 0 aliphatic rings. The summed E-state index contributed by atoms with van der Waals surface area (Å²) in [5.74, 6) is 0. The van der Waals surface area contributed by atoms with Crippen molar-refractivity contribution in [3.8, 4) is 0 Å². The molecule has 0 radical (unpaired) electrons. The largest absolute Gasteiger partial charge is 0.488 e. The van der Waals surface area contributed by atoms with Crippen LogP contribution in [0.4, 0.5) is 5.69 Å². The highest BCUT2D eigenvalue weighted by Gasteiger charge is 2.14. The van der Waals surface area contributed by atoms with Gasteiger partial charge in [-0.25, -0.2) is 0 Å². The van der Waals surface area contributed by atoms with Gasteiger partial charge in [0.2, 0.25) is 0 Å². The lowest BCUT2D eigenvalue weighted by Crippen LogP contribution is -2.33. The van der Waals surface area contributed by atoms with Gasteiger partial charge in [-0.2, -0.15) is 0 Å². The third-order valence-electron chi connectivity index (χ3n) is 1.62. The number of aliphatic hydroxyl groups is 1. The first-order chi connectivity index (χ1) is 5.65. The SMILES string of the molecule is Nc1ccc(B(O)O)c(CO)c1. The molecule has 0 saturated carbocycles. The van der Waals surface area contributed by atoms with Crippen molar-refractivity contribution in [2.75, 3.05) is 5.73 Å². The van der Waals surface area contributed by atoms with E-state index in [9.17, 15) is 0 Å². The Hall–Kier alpha value is -1.04. The van der Waals surface area contributed by atoms with Gasteiger partial charge in [0.05, 0.1) is 6.61 Å². The minimum atomic E-state index is -1.56. The molecule has 0 aliphatic carbocycles. The zero-order valence-electron chi connectivity index (χ0n) is 6.44. The topological polar surface area (TPSA) is 86.7 Å². The average Bonchev–Trinajstić information content (AvgIpc) is 2.03. The molecule has 0 aliphatic heterocycles. The summed E-state index contributed by atoms with van der Waals surface area (Å²) in [5, 5.41) is 26.5. The van der Waals surface area contributed by atoms with Gasteiger partial charge in [-0.1, -0.05) is 6.07 Å². The van der Waals surface area contributed by atoms with Gasteiger partial charge in [-0.05, 0) is 23.2 Å². The van der Waals surface area contributed by atoms with E-state index in [1.807, 2.05) is 0 Å². The van der Waals surface area contributed by atoms with Crippen LogP contribution in [0.1, 0.15) is 5.56 Å².